The van der Waals surface area contributed by atoms with Crippen LogP contribution in [0, 0.1) is 0 Å². The van der Waals surface area contributed by atoms with Crippen LogP contribution in [0.25, 0.3) is 0 Å². The van der Waals surface area contributed by atoms with Gasteiger partial charge in [0.05, 0.1) is 6.04 Å². The molecular weight excluding hydrogens is 276 g/mol. The molecule has 0 aliphatic carbocycles. The van der Waals surface area contributed by atoms with Crippen LogP contribution in [0.5, 0.6) is 5.75 Å². The lowest BCUT2D eigenvalue weighted by molar-refractivity contribution is -0.122. The molecule has 2 rings (SSSR count). The number of benzene rings is 1. The maximum Gasteiger partial charge on any atom is 0.222 e. The summed E-state index contributed by atoms with van der Waals surface area (Å²) in [6.45, 7) is 5.91. The van der Waals surface area contributed by atoms with Crippen LogP contribution in [-0.2, 0) is 4.79 Å². The normalized spacial score (nSPS) is 20.9. The highest BCUT2D eigenvalue weighted by Gasteiger charge is 2.34. The highest BCUT2D eigenvalue weighted by Crippen LogP contribution is 2.39. The van der Waals surface area contributed by atoms with E-state index < -0.39 is 0 Å². The van der Waals surface area contributed by atoms with Crippen LogP contribution < -0.4 is 15.8 Å². The van der Waals surface area contributed by atoms with Gasteiger partial charge in [0, 0.05) is 24.4 Å². The molecule has 0 bridgehead atoms. The lowest BCUT2D eigenvalue weighted by Crippen LogP contribution is -2.42. The van der Waals surface area contributed by atoms with Crippen molar-refractivity contribution in [2.75, 3.05) is 0 Å². The fourth-order valence-corrected chi connectivity index (χ4v) is 2.48. The van der Waals surface area contributed by atoms with E-state index in [0.717, 1.165) is 17.7 Å². The standard InChI is InChI=1S/C15H22N2O2.ClH/c1-10(16)8-14(18)17-12-9-15(2,3)19-13-7-5-4-6-11(12)13;/h4-7,10,12H,8-9,16H2,1-3H3,(H,17,18);1H. The number of amides is 1. The van der Waals surface area contributed by atoms with Crippen molar-refractivity contribution in [2.24, 2.45) is 5.73 Å². The lowest BCUT2D eigenvalue weighted by atomic mass is 9.89. The molecule has 1 aromatic rings. The van der Waals surface area contributed by atoms with Gasteiger partial charge in [0.15, 0.2) is 0 Å². The quantitative estimate of drug-likeness (QED) is 0.901. The van der Waals surface area contributed by atoms with Gasteiger partial charge in [-0.25, -0.2) is 0 Å². The molecule has 112 valence electrons. The van der Waals surface area contributed by atoms with Crippen LogP contribution in [0.1, 0.15) is 45.2 Å². The molecule has 0 spiro atoms. The summed E-state index contributed by atoms with van der Waals surface area (Å²) in [6.07, 6.45) is 1.11. The van der Waals surface area contributed by atoms with E-state index in [0.29, 0.717) is 6.42 Å². The minimum Gasteiger partial charge on any atom is -0.487 e. The Morgan fingerprint density at radius 2 is 2.15 bits per heavy atom. The van der Waals surface area contributed by atoms with Gasteiger partial charge in [0.1, 0.15) is 11.4 Å². The number of hydrogen-bond donors (Lipinski definition) is 2. The summed E-state index contributed by atoms with van der Waals surface area (Å²) in [7, 11) is 0. The number of carbonyl (C=O) groups is 1. The first kappa shape index (κ1) is 16.8. The summed E-state index contributed by atoms with van der Waals surface area (Å²) in [5.74, 6) is 0.845. The maximum absolute atomic E-state index is 11.9. The van der Waals surface area contributed by atoms with Crippen molar-refractivity contribution in [3.63, 3.8) is 0 Å². The van der Waals surface area contributed by atoms with Crippen molar-refractivity contribution < 1.29 is 9.53 Å². The van der Waals surface area contributed by atoms with E-state index in [1.54, 1.807) is 0 Å². The van der Waals surface area contributed by atoms with Gasteiger partial charge in [-0.1, -0.05) is 18.2 Å². The van der Waals surface area contributed by atoms with Gasteiger partial charge in [-0.15, -0.1) is 12.4 Å². The number of rotatable bonds is 3. The van der Waals surface area contributed by atoms with Gasteiger partial charge in [-0.3, -0.25) is 4.79 Å². The van der Waals surface area contributed by atoms with Crippen molar-refractivity contribution in [1.82, 2.24) is 5.32 Å². The van der Waals surface area contributed by atoms with Gasteiger partial charge >= 0.3 is 0 Å². The number of halogens is 1. The summed E-state index contributed by atoms with van der Waals surface area (Å²) in [5.41, 5.74) is 6.43. The van der Waals surface area contributed by atoms with Crippen LogP contribution in [0.15, 0.2) is 24.3 Å². The number of ether oxygens (including phenoxy) is 1. The Morgan fingerprint density at radius 1 is 1.50 bits per heavy atom. The topological polar surface area (TPSA) is 64.4 Å². The maximum atomic E-state index is 11.9. The molecule has 0 fully saturated rings. The second kappa shape index (κ2) is 6.46. The largest absolute Gasteiger partial charge is 0.487 e. The summed E-state index contributed by atoms with van der Waals surface area (Å²) in [6, 6.07) is 7.73. The van der Waals surface area contributed by atoms with Crippen LogP contribution in [0.2, 0.25) is 0 Å². The predicted molar refractivity (Wildman–Crippen MR) is 82.2 cm³/mol. The van der Waals surface area contributed by atoms with E-state index in [4.69, 9.17) is 10.5 Å². The zero-order chi connectivity index (χ0) is 14.0. The molecule has 2 unspecified atom stereocenters. The summed E-state index contributed by atoms with van der Waals surface area (Å²) < 4.78 is 5.94. The molecule has 1 aromatic carbocycles. The van der Waals surface area contributed by atoms with Gasteiger partial charge < -0.3 is 15.8 Å². The third kappa shape index (κ3) is 4.12. The predicted octanol–water partition coefficient (Wildman–Crippen LogP) is 2.56. The average molecular weight is 299 g/mol. The first-order valence-corrected chi connectivity index (χ1v) is 6.70. The summed E-state index contributed by atoms with van der Waals surface area (Å²) >= 11 is 0. The highest BCUT2D eigenvalue weighted by molar-refractivity contribution is 5.85. The Hall–Kier alpha value is -1.26. The SMILES string of the molecule is CC(N)CC(=O)NC1CC(C)(C)Oc2ccccc21.Cl. The summed E-state index contributed by atoms with van der Waals surface area (Å²) in [5, 5.41) is 3.06. The van der Waals surface area contributed by atoms with Crippen LogP contribution >= 0.6 is 12.4 Å². The molecule has 4 nitrogen and oxygen atoms in total. The Kier molecular flexibility index (Phi) is 5.42. The number of fused-ring (bicyclic) bond motifs is 1. The Balaban J connectivity index is 0.00000200. The van der Waals surface area contributed by atoms with Crippen molar-refractivity contribution in [3.8, 4) is 5.75 Å². The zero-order valence-corrected chi connectivity index (χ0v) is 13.0. The minimum atomic E-state index is -0.277. The van der Waals surface area contributed by atoms with Gasteiger partial charge in [-0.05, 0) is 26.8 Å². The number of para-hydroxylation sites is 1. The number of nitrogens with two attached hydrogens (primary N) is 1. The molecule has 20 heavy (non-hydrogen) atoms. The van der Waals surface area contributed by atoms with E-state index >= 15 is 0 Å². The molecule has 1 amide bonds. The third-order valence-corrected chi connectivity index (χ3v) is 3.22. The van der Waals surface area contributed by atoms with E-state index in [2.05, 4.69) is 5.32 Å². The number of carbonyl (C=O) groups excluding carboxylic acids is 1. The molecule has 0 aromatic heterocycles. The molecule has 0 saturated carbocycles. The Morgan fingerprint density at radius 3 is 2.80 bits per heavy atom. The van der Waals surface area contributed by atoms with Crippen LogP contribution in [0.3, 0.4) is 0 Å². The monoisotopic (exact) mass is 298 g/mol. The van der Waals surface area contributed by atoms with Gasteiger partial charge in [0.25, 0.3) is 0 Å². The minimum absolute atomic E-state index is 0. The Bertz CT molecular complexity index is 475. The van der Waals surface area contributed by atoms with Crippen molar-refractivity contribution in [2.45, 2.75) is 51.3 Å². The number of hydrogen-bond acceptors (Lipinski definition) is 3. The molecule has 1 heterocycles. The van der Waals surface area contributed by atoms with E-state index in [1.807, 2.05) is 45.0 Å². The molecule has 1 aliphatic rings. The molecule has 0 radical (unpaired) electrons. The van der Waals surface area contributed by atoms with Crippen LogP contribution in [0.4, 0.5) is 0 Å². The smallest absolute Gasteiger partial charge is 0.222 e. The molecule has 2 atom stereocenters. The van der Waals surface area contributed by atoms with E-state index in [-0.39, 0.29) is 36.0 Å². The first-order chi connectivity index (χ1) is 8.87. The number of nitrogens with one attached hydrogen (secondary N) is 1. The van der Waals surface area contributed by atoms with E-state index in [1.165, 1.54) is 0 Å². The van der Waals surface area contributed by atoms with Crippen molar-refractivity contribution in [1.29, 1.82) is 0 Å². The van der Waals surface area contributed by atoms with E-state index in [9.17, 15) is 4.79 Å². The van der Waals surface area contributed by atoms with Gasteiger partial charge in [0.2, 0.25) is 5.91 Å². The Labute approximate surface area is 126 Å². The molecule has 3 N–H and O–H groups in total. The van der Waals surface area contributed by atoms with Gasteiger partial charge in [-0.2, -0.15) is 0 Å². The van der Waals surface area contributed by atoms with Crippen LogP contribution in [-0.4, -0.2) is 17.6 Å². The molecule has 1 aliphatic heterocycles. The first-order valence-electron chi connectivity index (χ1n) is 6.70. The molecular formula is C15H23ClN2O2. The average Bonchev–Trinajstić information content (AvgIpc) is 2.26. The zero-order valence-electron chi connectivity index (χ0n) is 12.2. The third-order valence-electron chi connectivity index (χ3n) is 3.22. The molecule has 5 heteroatoms. The van der Waals surface area contributed by atoms with Crippen molar-refractivity contribution in [3.05, 3.63) is 29.8 Å². The highest BCUT2D eigenvalue weighted by atomic mass is 35.5. The van der Waals surface area contributed by atoms with Crippen molar-refractivity contribution >= 4 is 18.3 Å². The lowest BCUT2D eigenvalue weighted by Gasteiger charge is -2.38. The summed E-state index contributed by atoms with van der Waals surface area (Å²) in [4.78, 5) is 11.9. The second-order valence-corrected chi connectivity index (χ2v) is 5.91. The fraction of sp³-hybridized carbons (Fsp3) is 0.533. The second-order valence-electron chi connectivity index (χ2n) is 5.91. The fourth-order valence-electron chi connectivity index (χ4n) is 2.48. The molecule has 0 saturated heterocycles.